The van der Waals surface area contributed by atoms with Crippen LogP contribution >= 0.6 is 0 Å². The van der Waals surface area contributed by atoms with Crippen LogP contribution in [-0.4, -0.2) is 13.1 Å². The van der Waals surface area contributed by atoms with E-state index in [-0.39, 0.29) is 0 Å². The van der Waals surface area contributed by atoms with E-state index in [1.165, 1.54) is 57.8 Å². The van der Waals surface area contributed by atoms with Gasteiger partial charge in [0.05, 0.1) is 0 Å². The van der Waals surface area contributed by atoms with Crippen LogP contribution in [0.5, 0.6) is 0 Å². The van der Waals surface area contributed by atoms with Gasteiger partial charge in [0.2, 0.25) is 0 Å². The minimum Gasteiger partial charge on any atom is -0.313 e. The molecule has 1 N–H and O–H groups in total. The summed E-state index contributed by atoms with van der Waals surface area (Å²) in [5.74, 6) is 0.822. The fourth-order valence-electron chi connectivity index (χ4n) is 4.51. The summed E-state index contributed by atoms with van der Waals surface area (Å²) in [5, 5.41) is 3.69. The van der Waals surface area contributed by atoms with Crippen molar-refractivity contribution in [3.63, 3.8) is 0 Å². The van der Waals surface area contributed by atoms with Gasteiger partial charge in [0.25, 0.3) is 0 Å². The topological polar surface area (TPSA) is 12.0 Å². The first-order valence-electron chi connectivity index (χ1n) is 8.04. The predicted molar refractivity (Wildman–Crippen MR) is 79.8 cm³/mol. The van der Waals surface area contributed by atoms with Gasteiger partial charge < -0.3 is 5.32 Å². The van der Waals surface area contributed by atoms with Crippen LogP contribution in [0.15, 0.2) is 11.6 Å². The Morgan fingerprint density at radius 3 is 2.39 bits per heavy atom. The molecule has 18 heavy (non-hydrogen) atoms. The Hall–Kier alpha value is -0.300. The molecule has 0 aromatic heterocycles. The van der Waals surface area contributed by atoms with Crippen molar-refractivity contribution in [2.45, 2.75) is 77.7 Å². The third-order valence-corrected chi connectivity index (χ3v) is 5.01. The SMILES string of the molecule is CNC(C1=CCCCC1)C1(CC(C)C)CCCC1. The van der Waals surface area contributed by atoms with Gasteiger partial charge in [-0.3, -0.25) is 0 Å². The Kier molecular flexibility index (Phi) is 4.89. The Bertz CT molecular complexity index is 284. The van der Waals surface area contributed by atoms with E-state index in [4.69, 9.17) is 0 Å². The van der Waals surface area contributed by atoms with Gasteiger partial charge in [-0.25, -0.2) is 0 Å². The second kappa shape index (κ2) is 6.23. The summed E-state index contributed by atoms with van der Waals surface area (Å²) in [6.45, 7) is 4.78. The van der Waals surface area contributed by atoms with Gasteiger partial charge in [-0.05, 0) is 63.3 Å². The zero-order chi connectivity index (χ0) is 13.0. The molecule has 2 aliphatic carbocycles. The maximum absolute atomic E-state index is 3.69. The summed E-state index contributed by atoms with van der Waals surface area (Å²) in [4.78, 5) is 0. The Balaban J connectivity index is 2.18. The normalized spacial score (nSPS) is 25.2. The van der Waals surface area contributed by atoms with Crippen molar-refractivity contribution in [3.8, 4) is 0 Å². The number of likely N-dealkylation sites (N-methyl/N-ethyl adjacent to an activating group) is 1. The van der Waals surface area contributed by atoms with E-state index in [9.17, 15) is 0 Å². The molecule has 1 nitrogen and oxygen atoms in total. The summed E-state index contributed by atoms with van der Waals surface area (Å²) in [5.41, 5.74) is 2.29. The van der Waals surface area contributed by atoms with Crippen LogP contribution in [0, 0.1) is 11.3 Å². The second-order valence-corrected chi connectivity index (χ2v) is 6.91. The van der Waals surface area contributed by atoms with Gasteiger partial charge in [0.15, 0.2) is 0 Å². The van der Waals surface area contributed by atoms with Gasteiger partial charge in [0, 0.05) is 6.04 Å². The second-order valence-electron chi connectivity index (χ2n) is 6.91. The van der Waals surface area contributed by atoms with E-state index in [2.05, 4.69) is 32.3 Å². The third-order valence-electron chi connectivity index (χ3n) is 5.01. The smallest absolute Gasteiger partial charge is 0.0333 e. The van der Waals surface area contributed by atoms with E-state index >= 15 is 0 Å². The molecule has 1 fully saturated rings. The summed E-state index contributed by atoms with van der Waals surface area (Å²) in [6.07, 6.45) is 15.2. The average molecular weight is 249 g/mol. The third kappa shape index (κ3) is 2.99. The largest absolute Gasteiger partial charge is 0.313 e. The Labute approximate surface area is 113 Å². The minimum atomic E-state index is 0.562. The molecule has 0 aromatic rings. The first-order valence-corrected chi connectivity index (χ1v) is 8.04. The molecule has 0 radical (unpaired) electrons. The van der Waals surface area contributed by atoms with Crippen molar-refractivity contribution in [2.75, 3.05) is 7.05 Å². The van der Waals surface area contributed by atoms with Crippen molar-refractivity contribution in [1.29, 1.82) is 0 Å². The van der Waals surface area contributed by atoms with Gasteiger partial charge >= 0.3 is 0 Å². The lowest BCUT2D eigenvalue weighted by molar-refractivity contribution is 0.178. The van der Waals surface area contributed by atoms with E-state index in [0.717, 1.165) is 5.92 Å². The van der Waals surface area contributed by atoms with E-state index in [1.54, 1.807) is 5.57 Å². The minimum absolute atomic E-state index is 0.562. The van der Waals surface area contributed by atoms with Gasteiger partial charge in [-0.15, -0.1) is 0 Å². The molecule has 0 bridgehead atoms. The first-order chi connectivity index (χ1) is 8.68. The fourth-order valence-corrected chi connectivity index (χ4v) is 4.51. The van der Waals surface area contributed by atoms with E-state index in [1.807, 2.05) is 0 Å². The van der Waals surface area contributed by atoms with Gasteiger partial charge in [0.1, 0.15) is 0 Å². The molecule has 1 unspecified atom stereocenters. The van der Waals surface area contributed by atoms with E-state index in [0.29, 0.717) is 11.5 Å². The molecule has 1 heteroatoms. The molecule has 0 spiro atoms. The van der Waals surface area contributed by atoms with Crippen LogP contribution in [-0.2, 0) is 0 Å². The summed E-state index contributed by atoms with van der Waals surface area (Å²) in [7, 11) is 2.18. The highest BCUT2D eigenvalue weighted by atomic mass is 14.9. The van der Waals surface area contributed by atoms with Crippen LogP contribution in [0.2, 0.25) is 0 Å². The number of allylic oxidation sites excluding steroid dienone is 1. The van der Waals surface area contributed by atoms with Crippen LogP contribution in [0.1, 0.15) is 71.6 Å². The number of rotatable bonds is 5. The standard InChI is InChI=1S/C17H31N/c1-14(2)13-17(11-7-8-12-17)16(18-3)15-9-5-4-6-10-15/h9,14,16,18H,4-8,10-13H2,1-3H3. The molecule has 0 amide bonds. The average Bonchev–Trinajstić information content (AvgIpc) is 2.79. The number of hydrogen-bond acceptors (Lipinski definition) is 1. The lowest BCUT2D eigenvalue weighted by Crippen LogP contribution is -2.44. The van der Waals surface area contributed by atoms with Crippen LogP contribution < -0.4 is 5.32 Å². The first kappa shape index (κ1) is 14.1. The molecule has 1 atom stereocenters. The summed E-state index contributed by atoms with van der Waals surface area (Å²) < 4.78 is 0. The maximum Gasteiger partial charge on any atom is 0.0333 e. The quantitative estimate of drug-likeness (QED) is 0.698. The molecule has 2 rings (SSSR count). The molecule has 1 saturated carbocycles. The highest BCUT2D eigenvalue weighted by Crippen LogP contribution is 2.48. The molecule has 0 heterocycles. The molecular formula is C17H31N. The summed E-state index contributed by atoms with van der Waals surface area (Å²) >= 11 is 0. The van der Waals surface area contributed by atoms with Crippen molar-refractivity contribution in [1.82, 2.24) is 5.32 Å². The monoisotopic (exact) mass is 249 g/mol. The molecule has 0 saturated heterocycles. The van der Waals surface area contributed by atoms with Crippen molar-refractivity contribution in [2.24, 2.45) is 11.3 Å². The van der Waals surface area contributed by atoms with Crippen molar-refractivity contribution < 1.29 is 0 Å². The van der Waals surface area contributed by atoms with Gasteiger partial charge in [-0.1, -0.05) is 38.3 Å². The molecule has 0 aliphatic heterocycles. The van der Waals surface area contributed by atoms with Crippen LogP contribution in [0.3, 0.4) is 0 Å². The molecule has 104 valence electrons. The highest BCUT2D eigenvalue weighted by molar-refractivity contribution is 5.19. The lowest BCUT2D eigenvalue weighted by atomic mass is 9.69. The highest BCUT2D eigenvalue weighted by Gasteiger charge is 2.42. The van der Waals surface area contributed by atoms with Crippen molar-refractivity contribution >= 4 is 0 Å². The Morgan fingerprint density at radius 1 is 1.17 bits per heavy atom. The van der Waals surface area contributed by atoms with Crippen LogP contribution in [0.4, 0.5) is 0 Å². The molecule has 2 aliphatic rings. The van der Waals surface area contributed by atoms with E-state index < -0.39 is 0 Å². The lowest BCUT2D eigenvalue weighted by Gasteiger charge is -2.41. The zero-order valence-electron chi connectivity index (χ0n) is 12.6. The maximum atomic E-state index is 3.69. The molecular weight excluding hydrogens is 218 g/mol. The predicted octanol–water partition coefficient (Wildman–Crippen LogP) is 4.68. The number of hydrogen-bond donors (Lipinski definition) is 1. The fraction of sp³-hybridized carbons (Fsp3) is 0.882. The van der Waals surface area contributed by atoms with Crippen LogP contribution in [0.25, 0.3) is 0 Å². The number of nitrogens with one attached hydrogen (secondary N) is 1. The van der Waals surface area contributed by atoms with Crippen molar-refractivity contribution in [3.05, 3.63) is 11.6 Å². The Morgan fingerprint density at radius 2 is 1.89 bits per heavy atom. The molecule has 0 aromatic carbocycles. The van der Waals surface area contributed by atoms with Gasteiger partial charge in [-0.2, -0.15) is 0 Å². The zero-order valence-corrected chi connectivity index (χ0v) is 12.6. The summed E-state index contributed by atoms with van der Waals surface area (Å²) in [6, 6.07) is 0.655.